The summed E-state index contributed by atoms with van der Waals surface area (Å²) < 4.78 is 11.6. The van der Waals surface area contributed by atoms with Crippen molar-refractivity contribution in [3.05, 3.63) is 39.6 Å². The molecule has 6 heteroatoms. The number of hydrogen-bond donors (Lipinski definition) is 1. The Balaban J connectivity index is 2.25. The van der Waals surface area contributed by atoms with Crippen LogP contribution in [-0.4, -0.2) is 24.0 Å². The fraction of sp³-hybridized carbons (Fsp3) is 0.200. The zero-order valence-electron chi connectivity index (χ0n) is 10.9. The van der Waals surface area contributed by atoms with Crippen molar-refractivity contribution in [3.8, 4) is 17.1 Å². The summed E-state index contributed by atoms with van der Waals surface area (Å²) in [6.07, 6.45) is 2.13. The maximum Gasteiger partial charge on any atom is 0.339 e. The molecule has 2 heterocycles. The van der Waals surface area contributed by atoms with E-state index in [1.54, 1.807) is 12.1 Å². The first-order valence-corrected chi connectivity index (χ1v) is 7.18. The van der Waals surface area contributed by atoms with Gasteiger partial charge in [-0.1, -0.05) is 0 Å². The Kier molecular flexibility index (Phi) is 3.55. The Labute approximate surface area is 128 Å². The fourth-order valence-corrected chi connectivity index (χ4v) is 3.15. The number of furan rings is 1. The van der Waals surface area contributed by atoms with Gasteiger partial charge in [-0.25, -0.2) is 4.79 Å². The van der Waals surface area contributed by atoms with Crippen LogP contribution in [0.2, 0.25) is 0 Å². The van der Waals surface area contributed by atoms with Crippen molar-refractivity contribution in [3.63, 3.8) is 0 Å². The number of carbonyl (C=O) groups excluding carboxylic acids is 1. The van der Waals surface area contributed by atoms with Crippen LogP contribution in [0.5, 0.6) is 5.75 Å². The van der Waals surface area contributed by atoms with Crippen LogP contribution in [0, 0.1) is 0 Å². The average Bonchev–Trinajstić information content (AvgIpc) is 2.94. The first-order chi connectivity index (χ1) is 10.1. The molecule has 5 nitrogen and oxygen atoms in total. The summed E-state index contributed by atoms with van der Waals surface area (Å²) in [6.45, 7) is 0.492. The molecule has 0 saturated heterocycles. The van der Waals surface area contributed by atoms with E-state index >= 15 is 0 Å². The lowest BCUT2D eigenvalue weighted by atomic mass is 9.95. The largest absolute Gasteiger partial charge is 0.492 e. The number of halogens is 1. The second-order valence-corrected chi connectivity index (χ2v) is 5.52. The molecule has 2 aromatic rings. The maximum atomic E-state index is 11.4. The number of fused-ring (bicyclic) bond motifs is 1. The van der Waals surface area contributed by atoms with Crippen LogP contribution in [0.4, 0.5) is 0 Å². The SMILES string of the molecule is O=Cc1ccc(-c2c(Br)cc(C(=O)O)c3c2CCCO3)o1. The highest BCUT2D eigenvalue weighted by molar-refractivity contribution is 9.10. The molecule has 0 amide bonds. The molecule has 108 valence electrons. The highest BCUT2D eigenvalue weighted by Crippen LogP contribution is 2.42. The van der Waals surface area contributed by atoms with E-state index in [0.29, 0.717) is 35.3 Å². The number of carboxylic acids is 1. The van der Waals surface area contributed by atoms with Crippen molar-refractivity contribution >= 4 is 28.2 Å². The lowest BCUT2D eigenvalue weighted by Crippen LogP contribution is -2.14. The van der Waals surface area contributed by atoms with Gasteiger partial charge in [0.05, 0.1) is 6.61 Å². The average molecular weight is 351 g/mol. The molecule has 1 aliphatic rings. The van der Waals surface area contributed by atoms with E-state index in [2.05, 4.69) is 15.9 Å². The molecule has 0 spiro atoms. The van der Waals surface area contributed by atoms with E-state index in [1.807, 2.05) is 0 Å². The molecule has 3 rings (SSSR count). The van der Waals surface area contributed by atoms with Gasteiger partial charge in [0.25, 0.3) is 0 Å². The summed E-state index contributed by atoms with van der Waals surface area (Å²) >= 11 is 3.40. The number of carboxylic acid groups (broad SMARTS) is 1. The van der Waals surface area contributed by atoms with Crippen molar-refractivity contribution in [1.82, 2.24) is 0 Å². The van der Waals surface area contributed by atoms with Gasteiger partial charge in [0.1, 0.15) is 17.1 Å². The minimum atomic E-state index is -1.03. The smallest absolute Gasteiger partial charge is 0.339 e. The number of aromatic carboxylic acids is 1. The first kappa shape index (κ1) is 13.9. The Morgan fingerprint density at radius 1 is 1.38 bits per heavy atom. The first-order valence-electron chi connectivity index (χ1n) is 6.38. The number of carbonyl (C=O) groups is 2. The monoisotopic (exact) mass is 350 g/mol. The molecule has 21 heavy (non-hydrogen) atoms. The highest BCUT2D eigenvalue weighted by Gasteiger charge is 2.26. The molecule has 1 aromatic heterocycles. The fourth-order valence-electron chi connectivity index (χ4n) is 2.49. The molecule has 0 unspecified atom stereocenters. The van der Waals surface area contributed by atoms with Crippen LogP contribution < -0.4 is 4.74 Å². The van der Waals surface area contributed by atoms with Crippen molar-refractivity contribution < 1.29 is 23.8 Å². The van der Waals surface area contributed by atoms with Crippen LogP contribution in [0.3, 0.4) is 0 Å². The van der Waals surface area contributed by atoms with Gasteiger partial charge in [0.15, 0.2) is 12.0 Å². The predicted octanol–water partition coefficient (Wildman–Crippen LogP) is 3.54. The zero-order chi connectivity index (χ0) is 15.0. The normalized spacial score (nSPS) is 13.4. The molecule has 0 aliphatic carbocycles. The molecule has 0 radical (unpaired) electrons. The van der Waals surface area contributed by atoms with Crippen molar-refractivity contribution in [2.24, 2.45) is 0 Å². The van der Waals surface area contributed by atoms with E-state index in [-0.39, 0.29) is 11.3 Å². The van der Waals surface area contributed by atoms with Gasteiger partial charge in [-0.15, -0.1) is 0 Å². The molecular formula is C15H11BrO5. The Morgan fingerprint density at radius 2 is 2.19 bits per heavy atom. The number of rotatable bonds is 3. The van der Waals surface area contributed by atoms with E-state index in [4.69, 9.17) is 9.15 Å². The third kappa shape index (κ3) is 2.35. The van der Waals surface area contributed by atoms with Gasteiger partial charge in [-0.05, 0) is 47.0 Å². The maximum absolute atomic E-state index is 11.4. The minimum absolute atomic E-state index is 0.127. The zero-order valence-corrected chi connectivity index (χ0v) is 12.5. The van der Waals surface area contributed by atoms with Crippen molar-refractivity contribution in [2.75, 3.05) is 6.61 Å². The number of hydrogen-bond acceptors (Lipinski definition) is 4. The molecule has 0 bridgehead atoms. The number of benzene rings is 1. The van der Waals surface area contributed by atoms with Gasteiger partial charge in [0.2, 0.25) is 0 Å². The van der Waals surface area contributed by atoms with E-state index in [9.17, 15) is 14.7 Å². The molecule has 0 fully saturated rings. The molecule has 0 atom stereocenters. The van der Waals surface area contributed by atoms with Crippen LogP contribution in [0.1, 0.15) is 32.9 Å². The lowest BCUT2D eigenvalue weighted by Gasteiger charge is -2.22. The van der Waals surface area contributed by atoms with Crippen molar-refractivity contribution in [2.45, 2.75) is 12.8 Å². The van der Waals surface area contributed by atoms with Gasteiger partial charge in [0, 0.05) is 15.6 Å². The van der Waals surface area contributed by atoms with E-state index in [1.165, 1.54) is 6.07 Å². The third-order valence-corrected chi connectivity index (χ3v) is 3.99. The third-order valence-electron chi connectivity index (χ3n) is 3.37. The van der Waals surface area contributed by atoms with Gasteiger partial charge < -0.3 is 14.3 Å². The predicted molar refractivity (Wildman–Crippen MR) is 78.0 cm³/mol. The standard InChI is InChI=1S/C15H11BrO5/c16-11-6-10(15(18)19)14-9(2-1-5-20-14)13(11)12-4-3-8(7-17)21-12/h3-4,6-7H,1-2,5H2,(H,18,19). The summed E-state index contributed by atoms with van der Waals surface area (Å²) in [7, 11) is 0. The van der Waals surface area contributed by atoms with Crippen LogP contribution >= 0.6 is 15.9 Å². The van der Waals surface area contributed by atoms with Crippen LogP contribution in [0.25, 0.3) is 11.3 Å². The minimum Gasteiger partial charge on any atom is -0.492 e. The van der Waals surface area contributed by atoms with Gasteiger partial charge in [-0.2, -0.15) is 0 Å². The second kappa shape index (κ2) is 5.37. The van der Waals surface area contributed by atoms with Crippen molar-refractivity contribution in [1.29, 1.82) is 0 Å². The Hall–Kier alpha value is -2.08. The van der Waals surface area contributed by atoms with Gasteiger partial charge >= 0.3 is 5.97 Å². The summed E-state index contributed by atoms with van der Waals surface area (Å²) in [5, 5.41) is 9.30. The molecule has 1 N–H and O–H groups in total. The number of aldehydes is 1. The molecule has 1 aromatic carbocycles. The summed E-state index contributed by atoms with van der Waals surface area (Å²) in [5.41, 5.74) is 1.66. The van der Waals surface area contributed by atoms with Crippen LogP contribution in [0.15, 0.2) is 27.1 Å². The topological polar surface area (TPSA) is 76.7 Å². The highest BCUT2D eigenvalue weighted by atomic mass is 79.9. The Morgan fingerprint density at radius 3 is 2.86 bits per heavy atom. The van der Waals surface area contributed by atoms with E-state index < -0.39 is 5.97 Å². The lowest BCUT2D eigenvalue weighted by molar-refractivity contribution is 0.0691. The summed E-state index contributed by atoms with van der Waals surface area (Å²) in [6, 6.07) is 4.78. The quantitative estimate of drug-likeness (QED) is 0.856. The molecule has 1 aliphatic heterocycles. The van der Waals surface area contributed by atoms with Gasteiger partial charge in [-0.3, -0.25) is 4.79 Å². The Bertz CT molecular complexity index is 732. The summed E-state index contributed by atoms with van der Waals surface area (Å²) in [4.78, 5) is 22.1. The van der Waals surface area contributed by atoms with E-state index in [0.717, 1.165) is 17.5 Å². The molecular weight excluding hydrogens is 340 g/mol. The second-order valence-electron chi connectivity index (χ2n) is 4.67. The summed E-state index contributed by atoms with van der Waals surface area (Å²) in [5.74, 6) is 0.0942. The van der Waals surface area contributed by atoms with Crippen LogP contribution in [-0.2, 0) is 6.42 Å². The molecule has 0 saturated carbocycles. The number of ether oxygens (including phenoxy) is 1.